The van der Waals surface area contributed by atoms with E-state index in [-0.39, 0.29) is 23.4 Å². The van der Waals surface area contributed by atoms with Crippen molar-refractivity contribution in [2.24, 2.45) is 0 Å². The maximum atomic E-state index is 14.6. The van der Waals surface area contributed by atoms with Gasteiger partial charge in [-0.15, -0.1) is 0 Å². The number of sulfone groups is 1. The summed E-state index contributed by atoms with van der Waals surface area (Å²) in [4.78, 5) is 24.2. The maximum absolute atomic E-state index is 14.6. The Kier molecular flexibility index (Phi) is 7.35. The normalized spacial score (nSPS) is 14.0. The number of rotatable bonds is 8. The molecule has 1 amide bonds. The van der Waals surface area contributed by atoms with Crippen LogP contribution in [0.1, 0.15) is 13.3 Å². The summed E-state index contributed by atoms with van der Waals surface area (Å²) in [5, 5.41) is 8.83. The van der Waals surface area contributed by atoms with Crippen LogP contribution >= 0.6 is 0 Å². The number of benzene rings is 1. The molecule has 0 aliphatic heterocycles. The Balaban J connectivity index is 2.25. The average Bonchev–Trinajstić information content (AvgIpc) is 2.70. The minimum atomic E-state index is -4.51. The highest BCUT2D eigenvalue weighted by Crippen LogP contribution is 2.26. The highest BCUT2D eigenvalue weighted by molar-refractivity contribution is 7.92. The van der Waals surface area contributed by atoms with Crippen molar-refractivity contribution in [1.82, 2.24) is 10.0 Å². The Morgan fingerprint density at radius 1 is 1.22 bits per heavy atom. The highest BCUT2D eigenvalue weighted by atomic mass is 32.2. The largest absolute Gasteiger partial charge is 0.484 e. The molecule has 0 radical (unpaired) electrons. The molecule has 0 bridgehead atoms. The van der Waals surface area contributed by atoms with Crippen LogP contribution in [-0.2, 0) is 21.2 Å². The van der Waals surface area contributed by atoms with E-state index in [1.165, 1.54) is 29.7 Å². The van der Waals surface area contributed by atoms with Crippen molar-refractivity contribution >= 4 is 15.7 Å². The Morgan fingerprint density at radius 2 is 1.81 bits per heavy atom. The summed E-state index contributed by atoms with van der Waals surface area (Å²) >= 11 is 0. The summed E-state index contributed by atoms with van der Waals surface area (Å²) in [6, 6.07) is 5.87. The predicted octanol–water partition coefficient (Wildman–Crippen LogP) is 2.29. The number of hydrogen-bond acceptors (Lipinski definition) is 6. The van der Waals surface area contributed by atoms with Gasteiger partial charge in [-0.25, -0.2) is 18.3 Å². The number of hydroxylamine groups is 1. The molecule has 0 aliphatic rings. The molecule has 0 spiro atoms. The third-order valence-electron chi connectivity index (χ3n) is 4.88. The summed E-state index contributed by atoms with van der Waals surface area (Å²) in [5.74, 6) is -2.15. The molecule has 176 valence electrons. The molecule has 13 heteroatoms. The van der Waals surface area contributed by atoms with Crippen LogP contribution in [0.15, 0.2) is 41.3 Å². The fourth-order valence-corrected chi connectivity index (χ4v) is 3.60. The molecule has 1 aromatic heterocycles. The van der Waals surface area contributed by atoms with Crippen molar-refractivity contribution in [3.63, 3.8) is 0 Å². The molecular weight excluding hydrogens is 460 g/mol. The number of halogens is 4. The number of aryl methyl sites for hydroxylation is 1. The number of carbonyl (C=O) groups is 1. The second kappa shape index (κ2) is 9.28. The van der Waals surface area contributed by atoms with Crippen molar-refractivity contribution in [1.29, 1.82) is 0 Å². The SMILES string of the molecule is C[C@@](CCn1cc(F)c(-c2ccc(OCC(F)(F)F)cc2)cc1=O)(C(=O)NO)S(C)(=O)=O. The van der Waals surface area contributed by atoms with Gasteiger partial charge in [0, 0.05) is 30.6 Å². The molecule has 1 atom stereocenters. The lowest BCUT2D eigenvalue weighted by Crippen LogP contribution is -2.50. The van der Waals surface area contributed by atoms with Crippen LogP contribution in [0.4, 0.5) is 17.6 Å². The van der Waals surface area contributed by atoms with Crippen molar-refractivity contribution in [3.05, 3.63) is 52.7 Å². The summed E-state index contributed by atoms with van der Waals surface area (Å²) in [5.41, 5.74) is 0.634. The second-order valence-electron chi connectivity index (χ2n) is 7.19. The Bertz CT molecular complexity index is 1150. The average molecular weight is 480 g/mol. The molecule has 2 N–H and O–H groups in total. The number of pyridine rings is 1. The summed E-state index contributed by atoms with van der Waals surface area (Å²) in [6.45, 7) is -0.777. The van der Waals surface area contributed by atoms with Gasteiger partial charge in [-0.1, -0.05) is 12.1 Å². The lowest BCUT2D eigenvalue weighted by molar-refractivity contribution is -0.153. The first-order valence-electron chi connectivity index (χ1n) is 9.02. The molecule has 2 aromatic rings. The third-order valence-corrected chi connectivity index (χ3v) is 6.90. The van der Waals surface area contributed by atoms with Gasteiger partial charge in [-0.2, -0.15) is 13.2 Å². The molecule has 2 rings (SSSR count). The molecule has 0 aliphatic carbocycles. The van der Waals surface area contributed by atoms with Gasteiger partial charge in [0.1, 0.15) is 11.6 Å². The maximum Gasteiger partial charge on any atom is 0.422 e. The van der Waals surface area contributed by atoms with E-state index in [1.54, 1.807) is 0 Å². The number of ether oxygens (including phenoxy) is 1. The number of alkyl halides is 3. The minimum Gasteiger partial charge on any atom is -0.484 e. The third kappa shape index (κ3) is 5.85. The van der Waals surface area contributed by atoms with Gasteiger partial charge in [-0.05, 0) is 31.0 Å². The van der Waals surface area contributed by atoms with Crippen molar-refractivity contribution in [3.8, 4) is 16.9 Å². The van der Waals surface area contributed by atoms with Crippen LogP contribution in [0.25, 0.3) is 11.1 Å². The molecule has 0 saturated heterocycles. The molecule has 8 nitrogen and oxygen atoms in total. The first-order chi connectivity index (χ1) is 14.7. The fourth-order valence-electron chi connectivity index (χ4n) is 2.76. The molecule has 0 unspecified atom stereocenters. The van der Waals surface area contributed by atoms with Gasteiger partial charge in [0.2, 0.25) is 0 Å². The van der Waals surface area contributed by atoms with Crippen LogP contribution in [-0.4, -0.2) is 47.9 Å². The van der Waals surface area contributed by atoms with Crippen LogP contribution in [0, 0.1) is 5.82 Å². The lowest BCUT2D eigenvalue weighted by Gasteiger charge is -2.25. The van der Waals surface area contributed by atoms with Crippen LogP contribution < -0.4 is 15.8 Å². The molecule has 32 heavy (non-hydrogen) atoms. The minimum absolute atomic E-state index is 0.0953. The van der Waals surface area contributed by atoms with Gasteiger partial charge in [-0.3, -0.25) is 14.8 Å². The van der Waals surface area contributed by atoms with E-state index in [0.717, 1.165) is 30.0 Å². The smallest absolute Gasteiger partial charge is 0.422 e. The van der Waals surface area contributed by atoms with Crippen LogP contribution in [0.3, 0.4) is 0 Å². The number of nitrogens with one attached hydrogen (secondary N) is 1. The van der Waals surface area contributed by atoms with E-state index >= 15 is 0 Å². The molecule has 1 aromatic carbocycles. The first-order valence-corrected chi connectivity index (χ1v) is 10.9. The fraction of sp³-hybridized carbons (Fsp3) is 0.368. The lowest BCUT2D eigenvalue weighted by atomic mass is 10.1. The number of amides is 1. The molecule has 0 saturated carbocycles. The molecular formula is C19H20F4N2O6S. The quantitative estimate of drug-likeness (QED) is 0.341. The number of nitrogens with zero attached hydrogens (tertiary/aromatic N) is 1. The number of aromatic nitrogens is 1. The zero-order valence-electron chi connectivity index (χ0n) is 16.9. The van der Waals surface area contributed by atoms with E-state index in [2.05, 4.69) is 4.74 Å². The topological polar surface area (TPSA) is 115 Å². The summed E-state index contributed by atoms with van der Waals surface area (Å²) in [6.07, 6.45) is -3.33. The van der Waals surface area contributed by atoms with E-state index < -0.39 is 51.1 Å². The van der Waals surface area contributed by atoms with E-state index in [0.29, 0.717) is 0 Å². The number of carbonyl (C=O) groups excluding carboxylic acids is 1. The van der Waals surface area contributed by atoms with E-state index in [4.69, 9.17) is 5.21 Å². The predicted molar refractivity (Wildman–Crippen MR) is 105 cm³/mol. The Morgan fingerprint density at radius 3 is 2.31 bits per heavy atom. The summed E-state index contributed by atoms with van der Waals surface area (Å²) in [7, 11) is -4.00. The standard InChI is InChI=1S/C19H20F4N2O6S/c1-18(17(27)24-28,32(2,29)30)7-8-25-10-15(20)14(9-16(25)26)12-3-5-13(6-4-12)31-11-19(21,22)23/h3-6,9-10,28H,7-8,11H2,1-2H3,(H,24,27)/t18-/m1/s1. The molecule has 0 fully saturated rings. The van der Waals surface area contributed by atoms with Gasteiger partial charge in [0.15, 0.2) is 21.2 Å². The Hall–Kier alpha value is -2.93. The van der Waals surface area contributed by atoms with E-state index in [1.807, 2.05) is 0 Å². The van der Waals surface area contributed by atoms with Crippen molar-refractivity contribution in [2.75, 3.05) is 12.9 Å². The highest BCUT2D eigenvalue weighted by Gasteiger charge is 2.43. The van der Waals surface area contributed by atoms with Crippen LogP contribution in [0.2, 0.25) is 0 Å². The van der Waals surface area contributed by atoms with Gasteiger partial charge >= 0.3 is 6.18 Å². The zero-order valence-corrected chi connectivity index (χ0v) is 17.8. The van der Waals surface area contributed by atoms with Gasteiger partial charge < -0.3 is 9.30 Å². The second-order valence-corrected chi connectivity index (χ2v) is 9.63. The van der Waals surface area contributed by atoms with Crippen LogP contribution in [0.5, 0.6) is 5.75 Å². The zero-order chi connectivity index (χ0) is 24.3. The molecule has 1 heterocycles. The van der Waals surface area contributed by atoms with Gasteiger partial charge in [0.05, 0.1) is 0 Å². The van der Waals surface area contributed by atoms with Crippen molar-refractivity contribution in [2.45, 2.75) is 30.8 Å². The van der Waals surface area contributed by atoms with Crippen molar-refractivity contribution < 1.29 is 40.7 Å². The monoisotopic (exact) mass is 480 g/mol. The first kappa shape index (κ1) is 25.3. The van der Waals surface area contributed by atoms with E-state index in [9.17, 15) is 35.6 Å². The number of hydrogen-bond donors (Lipinski definition) is 2. The Labute approximate surface area is 180 Å². The summed E-state index contributed by atoms with van der Waals surface area (Å²) < 4.78 is 78.6. The van der Waals surface area contributed by atoms with Gasteiger partial charge in [0.25, 0.3) is 11.5 Å².